The molecule has 0 bridgehead atoms. The van der Waals surface area contributed by atoms with Crippen LogP contribution in [0.1, 0.15) is 36.9 Å². The third-order valence-corrected chi connectivity index (χ3v) is 3.43. The van der Waals surface area contributed by atoms with E-state index in [1.165, 1.54) is 4.90 Å². The van der Waals surface area contributed by atoms with Crippen LogP contribution < -0.4 is 11.3 Å². The molecule has 2 amide bonds. The van der Waals surface area contributed by atoms with Crippen LogP contribution in [0.15, 0.2) is 0 Å². The summed E-state index contributed by atoms with van der Waals surface area (Å²) in [7, 11) is 1.76. The molecule has 0 aromatic carbocycles. The summed E-state index contributed by atoms with van der Waals surface area (Å²) in [5.74, 6) is 5.86. The molecule has 0 radical (unpaired) electrons. The predicted octanol–water partition coefficient (Wildman–Crippen LogP) is 0.443. The SMILES string of the molecule is Cc1nn(C)c(NN)c1CN1C(=O)CCCCC1=O. The smallest absolute Gasteiger partial charge is 0.229 e. The Kier molecular flexibility index (Phi) is 3.84. The third kappa shape index (κ3) is 2.60. The van der Waals surface area contributed by atoms with Gasteiger partial charge in [-0.15, -0.1) is 0 Å². The molecule has 0 atom stereocenters. The Morgan fingerprint density at radius 1 is 1.26 bits per heavy atom. The number of hydrazine groups is 1. The molecule has 2 heterocycles. The molecule has 0 aliphatic carbocycles. The molecule has 1 aliphatic rings. The van der Waals surface area contributed by atoms with Gasteiger partial charge in [-0.1, -0.05) is 0 Å². The van der Waals surface area contributed by atoms with E-state index in [-0.39, 0.29) is 18.4 Å². The second-order valence-electron chi connectivity index (χ2n) is 4.76. The van der Waals surface area contributed by atoms with Gasteiger partial charge in [0.2, 0.25) is 11.8 Å². The van der Waals surface area contributed by atoms with Gasteiger partial charge >= 0.3 is 0 Å². The Balaban J connectivity index is 2.28. The lowest BCUT2D eigenvalue weighted by atomic mass is 10.2. The van der Waals surface area contributed by atoms with E-state index in [9.17, 15) is 9.59 Å². The number of imide groups is 1. The molecule has 1 aromatic heterocycles. The highest BCUT2D eigenvalue weighted by molar-refractivity contribution is 5.96. The molecule has 0 saturated carbocycles. The lowest BCUT2D eigenvalue weighted by Gasteiger charge is -2.19. The van der Waals surface area contributed by atoms with Gasteiger partial charge in [0.25, 0.3) is 0 Å². The van der Waals surface area contributed by atoms with Crippen molar-refractivity contribution in [2.24, 2.45) is 12.9 Å². The number of nitrogens with one attached hydrogen (secondary N) is 1. The molecular formula is C12H19N5O2. The predicted molar refractivity (Wildman–Crippen MR) is 69.8 cm³/mol. The molecule has 7 nitrogen and oxygen atoms in total. The molecular weight excluding hydrogens is 246 g/mol. The zero-order valence-electron chi connectivity index (χ0n) is 11.3. The number of nitrogen functional groups attached to an aromatic ring is 1. The van der Waals surface area contributed by atoms with Crippen LogP contribution in [0.4, 0.5) is 5.82 Å². The molecule has 1 saturated heterocycles. The normalized spacial score (nSPS) is 16.7. The van der Waals surface area contributed by atoms with Gasteiger partial charge in [0, 0.05) is 25.5 Å². The van der Waals surface area contributed by atoms with Crippen LogP contribution in [0.25, 0.3) is 0 Å². The summed E-state index contributed by atoms with van der Waals surface area (Å²) in [4.78, 5) is 25.3. The number of aromatic nitrogens is 2. The van der Waals surface area contributed by atoms with E-state index in [2.05, 4.69) is 10.5 Å². The number of rotatable bonds is 3. The first-order valence-electron chi connectivity index (χ1n) is 6.37. The van der Waals surface area contributed by atoms with E-state index in [0.717, 1.165) is 24.1 Å². The van der Waals surface area contributed by atoms with Crippen molar-refractivity contribution in [3.8, 4) is 0 Å². The number of aryl methyl sites for hydroxylation is 2. The van der Waals surface area contributed by atoms with E-state index >= 15 is 0 Å². The number of anilines is 1. The van der Waals surface area contributed by atoms with Crippen molar-refractivity contribution in [3.05, 3.63) is 11.3 Å². The largest absolute Gasteiger partial charge is 0.308 e. The lowest BCUT2D eigenvalue weighted by molar-refractivity contribution is -0.144. The third-order valence-electron chi connectivity index (χ3n) is 3.43. The zero-order valence-corrected chi connectivity index (χ0v) is 11.3. The zero-order chi connectivity index (χ0) is 14.0. The van der Waals surface area contributed by atoms with Gasteiger partial charge in [-0.2, -0.15) is 5.10 Å². The van der Waals surface area contributed by atoms with Crippen molar-refractivity contribution in [1.82, 2.24) is 14.7 Å². The van der Waals surface area contributed by atoms with Crippen molar-refractivity contribution in [2.45, 2.75) is 39.2 Å². The van der Waals surface area contributed by atoms with Gasteiger partial charge in [-0.3, -0.25) is 19.2 Å². The number of nitrogens with zero attached hydrogens (tertiary/aromatic N) is 3. The molecule has 7 heteroatoms. The molecule has 3 N–H and O–H groups in total. The number of hydrogen-bond acceptors (Lipinski definition) is 5. The molecule has 0 unspecified atom stereocenters. The van der Waals surface area contributed by atoms with Gasteiger partial charge in [0.1, 0.15) is 5.82 Å². The monoisotopic (exact) mass is 265 g/mol. The van der Waals surface area contributed by atoms with Crippen molar-refractivity contribution < 1.29 is 9.59 Å². The van der Waals surface area contributed by atoms with Crippen molar-refractivity contribution in [1.29, 1.82) is 0 Å². The van der Waals surface area contributed by atoms with Crippen LogP contribution in [0.3, 0.4) is 0 Å². The van der Waals surface area contributed by atoms with Gasteiger partial charge in [0.15, 0.2) is 0 Å². The minimum atomic E-state index is -0.117. The number of nitrogens with two attached hydrogens (primary N) is 1. The number of carbonyl (C=O) groups is 2. The standard InChI is InChI=1S/C12H19N5O2/c1-8-9(12(14-13)16(2)15-8)7-17-10(18)5-3-4-6-11(17)19/h14H,3-7,13H2,1-2H3. The highest BCUT2D eigenvalue weighted by atomic mass is 16.2. The summed E-state index contributed by atoms with van der Waals surface area (Å²) >= 11 is 0. The highest BCUT2D eigenvalue weighted by Gasteiger charge is 2.26. The Labute approximate surface area is 111 Å². The minimum absolute atomic E-state index is 0.117. The average molecular weight is 265 g/mol. The first-order chi connectivity index (χ1) is 9.04. The molecule has 104 valence electrons. The van der Waals surface area contributed by atoms with E-state index in [0.29, 0.717) is 18.7 Å². The van der Waals surface area contributed by atoms with E-state index in [4.69, 9.17) is 5.84 Å². The average Bonchev–Trinajstić information content (AvgIpc) is 2.54. The number of hydrogen-bond donors (Lipinski definition) is 2. The Hall–Kier alpha value is -1.89. The summed E-state index contributed by atoms with van der Waals surface area (Å²) in [5, 5.41) is 4.25. The van der Waals surface area contributed by atoms with Crippen LogP contribution in [-0.4, -0.2) is 26.5 Å². The molecule has 0 spiro atoms. The molecule has 1 aliphatic heterocycles. The second-order valence-corrected chi connectivity index (χ2v) is 4.76. The van der Waals surface area contributed by atoms with Gasteiger partial charge in [0.05, 0.1) is 12.2 Å². The quantitative estimate of drug-likeness (QED) is 0.470. The van der Waals surface area contributed by atoms with Crippen LogP contribution in [0, 0.1) is 6.92 Å². The summed E-state index contributed by atoms with van der Waals surface area (Å²) in [6.45, 7) is 2.07. The van der Waals surface area contributed by atoms with Crippen LogP contribution in [0.2, 0.25) is 0 Å². The van der Waals surface area contributed by atoms with Crippen molar-refractivity contribution in [3.63, 3.8) is 0 Å². The van der Waals surface area contributed by atoms with Crippen molar-refractivity contribution in [2.75, 3.05) is 5.43 Å². The Morgan fingerprint density at radius 2 is 1.84 bits per heavy atom. The first-order valence-corrected chi connectivity index (χ1v) is 6.37. The topological polar surface area (TPSA) is 93.2 Å². The molecule has 2 rings (SSSR count). The van der Waals surface area contributed by atoms with Crippen molar-refractivity contribution >= 4 is 17.6 Å². The minimum Gasteiger partial charge on any atom is -0.308 e. The van der Waals surface area contributed by atoms with Gasteiger partial charge in [-0.25, -0.2) is 5.84 Å². The summed E-state index contributed by atoms with van der Waals surface area (Å²) in [5.41, 5.74) is 4.12. The summed E-state index contributed by atoms with van der Waals surface area (Å²) in [6, 6.07) is 0. The van der Waals surface area contributed by atoms with Gasteiger partial charge in [-0.05, 0) is 19.8 Å². The Bertz CT molecular complexity index is 490. The van der Waals surface area contributed by atoms with E-state index in [1.54, 1.807) is 11.7 Å². The second kappa shape index (κ2) is 5.40. The fourth-order valence-electron chi connectivity index (χ4n) is 2.37. The van der Waals surface area contributed by atoms with Gasteiger partial charge < -0.3 is 5.43 Å². The molecule has 1 fully saturated rings. The lowest BCUT2D eigenvalue weighted by Crippen LogP contribution is -2.35. The maximum absolute atomic E-state index is 12.0. The maximum atomic E-state index is 12.0. The fourth-order valence-corrected chi connectivity index (χ4v) is 2.37. The number of amides is 2. The summed E-state index contributed by atoms with van der Waals surface area (Å²) in [6.07, 6.45) is 2.40. The number of carbonyl (C=O) groups excluding carboxylic acids is 2. The molecule has 1 aromatic rings. The first kappa shape index (κ1) is 13.5. The fraction of sp³-hybridized carbons (Fsp3) is 0.583. The Morgan fingerprint density at radius 3 is 2.37 bits per heavy atom. The summed E-state index contributed by atoms with van der Waals surface area (Å²) < 4.78 is 1.61. The highest BCUT2D eigenvalue weighted by Crippen LogP contribution is 2.22. The maximum Gasteiger partial charge on any atom is 0.229 e. The van der Waals surface area contributed by atoms with Crippen LogP contribution in [0.5, 0.6) is 0 Å². The van der Waals surface area contributed by atoms with E-state index in [1.807, 2.05) is 6.92 Å². The number of likely N-dealkylation sites (tertiary alicyclic amines) is 1. The van der Waals surface area contributed by atoms with E-state index < -0.39 is 0 Å². The molecule has 19 heavy (non-hydrogen) atoms. The van der Waals surface area contributed by atoms with Crippen LogP contribution >= 0.6 is 0 Å². The van der Waals surface area contributed by atoms with Crippen LogP contribution in [-0.2, 0) is 23.2 Å².